The van der Waals surface area contributed by atoms with Crippen LogP contribution in [0.2, 0.25) is 0 Å². The molecule has 0 radical (unpaired) electrons. The van der Waals surface area contributed by atoms with E-state index < -0.39 is 0 Å². The van der Waals surface area contributed by atoms with Crippen molar-refractivity contribution in [1.82, 2.24) is 15.1 Å². The number of nitrogens with zero attached hydrogens (tertiary/aromatic N) is 2. The molecule has 1 N–H and O–H groups in total. The highest BCUT2D eigenvalue weighted by Crippen LogP contribution is 2.29. The fourth-order valence-corrected chi connectivity index (χ4v) is 2.78. The van der Waals surface area contributed by atoms with Crippen LogP contribution in [0.1, 0.15) is 38.4 Å². The van der Waals surface area contributed by atoms with E-state index in [4.69, 9.17) is 5.10 Å². The maximum Gasteiger partial charge on any atom is 0.0875 e. The first-order valence-electron chi connectivity index (χ1n) is 6.78. The van der Waals surface area contributed by atoms with Crippen LogP contribution in [0.5, 0.6) is 0 Å². The molecule has 2 unspecified atom stereocenters. The summed E-state index contributed by atoms with van der Waals surface area (Å²) in [7, 11) is 4.04. The third kappa shape index (κ3) is 2.27. The van der Waals surface area contributed by atoms with Crippen LogP contribution >= 0.6 is 0 Å². The normalized spacial score (nSPS) is 14.9. The smallest absolute Gasteiger partial charge is 0.0875 e. The number of benzene rings is 1. The minimum Gasteiger partial charge on any atom is -0.311 e. The molecule has 0 fully saturated rings. The Morgan fingerprint density at radius 1 is 1.33 bits per heavy atom. The van der Waals surface area contributed by atoms with Crippen molar-refractivity contribution in [3.05, 3.63) is 30.0 Å². The summed E-state index contributed by atoms with van der Waals surface area (Å²) in [5, 5.41) is 9.42. The summed E-state index contributed by atoms with van der Waals surface area (Å²) in [6.07, 6.45) is 2.43. The number of para-hydroxylation sites is 1. The topological polar surface area (TPSA) is 29.9 Å². The Morgan fingerprint density at radius 3 is 2.72 bits per heavy atom. The van der Waals surface area contributed by atoms with Gasteiger partial charge in [0.15, 0.2) is 0 Å². The molecule has 0 aliphatic rings. The van der Waals surface area contributed by atoms with Gasteiger partial charge in [-0.15, -0.1) is 0 Å². The second kappa shape index (κ2) is 5.53. The lowest BCUT2D eigenvalue weighted by atomic mass is 9.93. The lowest BCUT2D eigenvalue weighted by molar-refractivity contribution is 0.376. The molecule has 0 saturated heterocycles. The molecule has 2 aromatic rings. The van der Waals surface area contributed by atoms with E-state index in [-0.39, 0.29) is 0 Å². The summed E-state index contributed by atoms with van der Waals surface area (Å²) in [5.41, 5.74) is 2.38. The predicted octanol–water partition coefficient (Wildman–Crippen LogP) is 3.27. The van der Waals surface area contributed by atoms with Crippen LogP contribution < -0.4 is 5.32 Å². The molecule has 0 saturated carbocycles. The molecule has 0 amide bonds. The maximum absolute atomic E-state index is 4.72. The van der Waals surface area contributed by atoms with Gasteiger partial charge in [0.25, 0.3) is 0 Å². The third-order valence-electron chi connectivity index (χ3n) is 3.71. The van der Waals surface area contributed by atoms with Gasteiger partial charge in [0.1, 0.15) is 0 Å². The summed E-state index contributed by atoms with van der Waals surface area (Å²) in [6, 6.07) is 8.78. The monoisotopic (exact) mass is 245 g/mol. The Labute approximate surface area is 109 Å². The van der Waals surface area contributed by atoms with Gasteiger partial charge in [0.05, 0.1) is 17.3 Å². The van der Waals surface area contributed by atoms with E-state index in [2.05, 4.69) is 43.4 Å². The van der Waals surface area contributed by atoms with E-state index in [1.807, 2.05) is 18.8 Å². The van der Waals surface area contributed by atoms with Crippen molar-refractivity contribution in [1.29, 1.82) is 0 Å². The summed E-state index contributed by atoms with van der Waals surface area (Å²) in [4.78, 5) is 0. The van der Waals surface area contributed by atoms with Crippen molar-refractivity contribution in [2.24, 2.45) is 13.0 Å². The van der Waals surface area contributed by atoms with E-state index in [9.17, 15) is 0 Å². The van der Waals surface area contributed by atoms with Crippen molar-refractivity contribution in [2.45, 2.75) is 32.7 Å². The maximum atomic E-state index is 4.72. The molecule has 3 nitrogen and oxygen atoms in total. The number of hydrogen-bond acceptors (Lipinski definition) is 2. The fraction of sp³-hybridized carbons (Fsp3) is 0.533. The quantitative estimate of drug-likeness (QED) is 0.876. The Hall–Kier alpha value is -1.35. The van der Waals surface area contributed by atoms with E-state index in [1.54, 1.807) is 0 Å². The van der Waals surface area contributed by atoms with Crippen LogP contribution in [-0.2, 0) is 7.05 Å². The number of fused-ring (bicyclic) bond motifs is 1. The first-order valence-corrected chi connectivity index (χ1v) is 6.78. The minimum absolute atomic E-state index is 0.330. The van der Waals surface area contributed by atoms with E-state index in [0.717, 1.165) is 0 Å². The Morgan fingerprint density at radius 2 is 2.06 bits per heavy atom. The zero-order valence-electron chi connectivity index (χ0n) is 11.8. The highest BCUT2D eigenvalue weighted by molar-refractivity contribution is 5.82. The fourth-order valence-electron chi connectivity index (χ4n) is 2.78. The zero-order valence-corrected chi connectivity index (χ0v) is 11.8. The molecule has 2 rings (SSSR count). The van der Waals surface area contributed by atoms with Crippen LogP contribution in [0.15, 0.2) is 24.3 Å². The number of aromatic nitrogens is 2. The SMILES string of the molecule is CCCC(C)C(NC)c1nn(C)c2ccccc12. The first kappa shape index (κ1) is 13.1. The van der Waals surface area contributed by atoms with Crippen molar-refractivity contribution >= 4 is 10.9 Å². The van der Waals surface area contributed by atoms with Gasteiger partial charge in [-0.3, -0.25) is 4.68 Å². The summed E-state index contributed by atoms with van der Waals surface area (Å²) in [5.74, 6) is 0.596. The molecular formula is C15H23N3. The van der Waals surface area contributed by atoms with Gasteiger partial charge in [-0.25, -0.2) is 0 Å². The zero-order chi connectivity index (χ0) is 13.1. The number of rotatable bonds is 5. The summed E-state index contributed by atoms with van der Waals surface area (Å²) < 4.78 is 1.98. The molecule has 2 atom stereocenters. The molecule has 1 heterocycles. The van der Waals surface area contributed by atoms with Gasteiger partial charge in [0.2, 0.25) is 0 Å². The second-order valence-electron chi connectivity index (χ2n) is 5.06. The Balaban J connectivity index is 2.45. The summed E-state index contributed by atoms with van der Waals surface area (Å²) in [6.45, 7) is 4.54. The highest BCUT2D eigenvalue weighted by Gasteiger charge is 2.22. The van der Waals surface area contributed by atoms with E-state index in [1.165, 1.54) is 29.4 Å². The summed E-state index contributed by atoms with van der Waals surface area (Å²) >= 11 is 0. The van der Waals surface area contributed by atoms with Crippen molar-refractivity contribution in [3.8, 4) is 0 Å². The molecule has 0 aliphatic carbocycles. The lowest BCUT2D eigenvalue weighted by Crippen LogP contribution is -2.24. The predicted molar refractivity (Wildman–Crippen MR) is 76.6 cm³/mol. The lowest BCUT2D eigenvalue weighted by Gasteiger charge is -2.21. The average molecular weight is 245 g/mol. The van der Waals surface area contributed by atoms with Gasteiger partial charge in [-0.05, 0) is 25.5 Å². The molecule has 98 valence electrons. The second-order valence-corrected chi connectivity index (χ2v) is 5.06. The van der Waals surface area contributed by atoms with Gasteiger partial charge < -0.3 is 5.32 Å². The molecule has 0 aliphatic heterocycles. The van der Waals surface area contributed by atoms with E-state index in [0.29, 0.717) is 12.0 Å². The highest BCUT2D eigenvalue weighted by atomic mass is 15.3. The van der Waals surface area contributed by atoms with Gasteiger partial charge in [-0.1, -0.05) is 38.5 Å². The standard InChI is InChI=1S/C15H23N3/c1-5-8-11(2)14(16-3)15-12-9-6-7-10-13(12)18(4)17-15/h6-7,9-11,14,16H,5,8H2,1-4H3. The molecule has 1 aromatic heterocycles. The first-order chi connectivity index (χ1) is 8.69. The minimum atomic E-state index is 0.330. The van der Waals surface area contributed by atoms with Crippen molar-refractivity contribution in [3.63, 3.8) is 0 Å². The van der Waals surface area contributed by atoms with Gasteiger partial charge in [0, 0.05) is 12.4 Å². The molecule has 1 aromatic carbocycles. The number of hydrogen-bond donors (Lipinski definition) is 1. The molecule has 18 heavy (non-hydrogen) atoms. The van der Waals surface area contributed by atoms with Crippen LogP contribution in [0.25, 0.3) is 10.9 Å². The largest absolute Gasteiger partial charge is 0.311 e. The molecule has 0 spiro atoms. The van der Waals surface area contributed by atoms with Crippen LogP contribution in [-0.4, -0.2) is 16.8 Å². The van der Waals surface area contributed by atoms with E-state index >= 15 is 0 Å². The molecule has 3 heteroatoms. The van der Waals surface area contributed by atoms with Crippen molar-refractivity contribution in [2.75, 3.05) is 7.05 Å². The third-order valence-corrected chi connectivity index (χ3v) is 3.71. The Bertz CT molecular complexity index is 515. The number of aryl methyl sites for hydroxylation is 1. The van der Waals surface area contributed by atoms with Gasteiger partial charge in [-0.2, -0.15) is 5.10 Å². The van der Waals surface area contributed by atoms with Crippen LogP contribution in [0.4, 0.5) is 0 Å². The van der Waals surface area contributed by atoms with Gasteiger partial charge >= 0.3 is 0 Å². The molecular weight excluding hydrogens is 222 g/mol. The average Bonchev–Trinajstić information content (AvgIpc) is 2.69. The number of nitrogens with one attached hydrogen (secondary N) is 1. The van der Waals surface area contributed by atoms with Crippen LogP contribution in [0, 0.1) is 5.92 Å². The van der Waals surface area contributed by atoms with Crippen molar-refractivity contribution < 1.29 is 0 Å². The molecule has 0 bridgehead atoms. The van der Waals surface area contributed by atoms with Crippen LogP contribution in [0.3, 0.4) is 0 Å². The Kier molecular flexibility index (Phi) is 4.02.